The molecule has 0 atom stereocenters. The highest BCUT2D eigenvalue weighted by atomic mass is 35.5. The Morgan fingerprint density at radius 1 is 1.03 bits per heavy atom. The number of halogens is 2. The summed E-state index contributed by atoms with van der Waals surface area (Å²) in [6, 6.07) is 21.3. The predicted molar refractivity (Wildman–Crippen MR) is 133 cm³/mol. The quantitative estimate of drug-likeness (QED) is 0.266. The molecule has 1 amide bonds. The summed E-state index contributed by atoms with van der Waals surface area (Å²) in [6.07, 6.45) is 1.63. The van der Waals surface area contributed by atoms with E-state index in [0.717, 1.165) is 39.1 Å². The minimum Gasteiger partial charge on any atom is -0.376 e. The monoisotopic (exact) mass is 464 g/mol. The number of aromatic nitrogens is 1. The second kappa shape index (κ2) is 9.47. The lowest BCUT2D eigenvalue weighted by Crippen LogP contribution is -2.25. The number of anilines is 1. The van der Waals surface area contributed by atoms with Crippen molar-refractivity contribution in [2.75, 3.05) is 11.9 Å². The number of aryl methyl sites for hydroxylation is 1. The molecule has 0 saturated heterocycles. The van der Waals surface area contributed by atoms with Gasteiger partial charge in [0.05, 0.1) is 23.5 Å². The number of hydrogen-bond acceptors (Lipinski definition) is 3. The summed E-state index contributed by atoms with van der Waals surface area (Å²) < 4.78 is 2.01. The van der Waals surface area contributed by atoms with Gasteiger partial charge in [0, 0.05) is 33.0 Å². The van der Waals surface area contributed by atoms with Crippen LogP contribution in [0.25, 0.3) is 16.5 Å². The number of benzene rings is 3. The van der Waals surface area contributed by atoms with Gasteiger partial charge in [0.2, 0.25) is 0 Å². The summed E-state index contributed by atoms with van der Waals surface area (Å²) in [7, 11) is 0. The Balaban J connectivity index is 1.43. The fourth-order valence-corrected chi connectivity index (χ4v) is 4.08. The maximum Gasteiger partial charge on any atom is 0.259 e. The Morgan fingerprint density at radius 3 is 2.66 bits per heavy atom. The average Bonchev–Trinajstić information content (AvgIpc) is 3.07. The van der Waals surface area contributed by atoms with Gasteiger partial charge >= 0.3 is 0 Å². The van der Waals surface area contributed by atoms with Crippen LogP contribution in [0, 0.1) is 13.8 Å². The molecule has 0 unspecified atom stereocenters. The fourth-order valence-electron chi connectivity index (χ4n) is 3.71. The van der Waals surface area contributed by atoms with Gasteiger partial charge in [-0.15, -0.1) is 0 Å². The average molecular weight is 465 g/mol. The molecule has 162 valence electrons. The SMILES string of the molecule is Cc1cc(/C=N\NC(=O)CNc2cccc3ccccc23)c(C)n1-c1cc(Cl)ccc1Cl. The molecule has 0 aliphatic heterocycles. The zero-order chi connectivity index (χ0) is 22.7. The molecule has 32 heavy (non-hydrogen) atoms. The maximum absolute atomic E-state index is 12.3. The first-order valence-electron chi connectivity index (χ1n) is 10.1. The molecular formula is C25H22Cl2N4O. The lowest BCUT2D eigenvalue weighted by atomic mass is 10.1. The van der Waals surface area contributed by atoms with Crippen molar-refractivity contribution in [2.24, 2.45) is 5.10 Å². The maximum atomic E-state index is 12.3. The van der Waals surface area contributed by atoms with E-state index in [4.69, 9.17) is 23.2 Å². The predicted octanol–water partition coefficient (Wildman–Crippen LogP) is 6.12. The van der Waals surface area contributed by atoms with Crippen molar-refractivity contribution in [3.05, 3.63) is 93.7 Å². The van der Waals surface area contributed by atoms with Crippen molar-refractivity contribution in [1.82, 2.24) is 9.99 Å². The molecule has 5 nitrogen and oxygen atoms in total. The number of hydrazone groups is 1. The van der Waals surface area contributed by atoms with Crippen molar-refractivity contribution in [3.63, 3.8) is 0 Å². The molecule has 4 rings (SSSR count). The molecule has 4 aromatic rings. The van der Waals surface area contributed by atoms with E-state index in [9.17, 15) is 4.79 Å². The van der Waals surface area contributed by atoms with E-state index >= 15 is 0 Å². The standard InChI is InChI=1S/C25H22Cl2N4O/c1-16-12-19(17(2)31(16)24-13-20(26)10-11-22(24)27)14-29-30-25(32)15-28-23-9-5-7-18-6-3-4-8-21(18)23/h3-14,28H,15H2,1-2H3,(H,30,32)/b29-14-. The Labute approximate surface area is 196 Å². The van der Waals surface area contributed by atoms with E-state index in [0.29, 0.717) is 10.0 Å². The summed E-state index contributed by atoms with van der Waals surface area (Å²) >= 11 is 12.5. The Kier molecular flexibility index (Phi) is 6.49. The van der Waals surface area contributed by atoms with Gasteiger partial charge in [0.15, 0.2) is 0 Å². The van der Waals surface area contributed by atoms with Crippen LogP contribution in [0.1, 0.15) is 17.0 Å². The highest BCUT2D eigenvalue weighted by Gasteiger charge is 2.13. The molecule has 0 bridgehead atoms. The van der Waals surface area contributed by atoms with Crippen LogP contribution in [0.2, 0.25) is 10.0 Å². The van der Waals surface area contributed by atoms with Crippen molar-refractivity contribution >= 4 is 51.8 Å². The van der Waals surface area contributed by atoms with Crippen LogP contribution in [0.3, 0.4) is 0 Å². The fraction of sp³-hybridized carbons (Fsp3) is 0.120. The summed E-state index contributed by atoms with van der Waals surface area (Å²) in [5.41, 5.74) is 7.09. The number of rotatable bonds is 6. The lowest BCUT2D eigenvalue weighted by molar-refractivity contribution is -0.119. The van der Waals surface area contributed by atoms with Crippen molar-refractivity contribution in [2.45, 2.75) is 13.8 Å². The highest BCUT2D eigenvalue weighted by molar-refractivity contribution is 6.34. The normalized spacial score (nSPS) is 11.2. The molecule has 1 aromatic heterocycles. The number of nitrogens with zero attached hydrogens (tertiary/aromatic N) is 2. The Morgan fingerprint density at radius 2 is 1.81 bits per heavy atom. The number of amides is 1. The molecule has 0 aliphatic carbocycles. The van der Waals surface area contributed by atoms with Gasteiger partial charge in [-0.05, 0) is 49.6 Å². The van der Waals surface area contributed by atoms with Crippen molar-refractivity contribution in [1.29, 1.82) is 0 Å². The van der Waals surface area contributed by atoms with E-state index < -0.39 is 0 Å². The van der Waals surface area contributed by atoms with Crippen LogP contribution >= 0.6 is 23.2 Å². The summed E-state index contributed by atoms with van der Waals surface area (Å²) in [5, 5.41) is 10.7. The molecule has 0 fully saturated rings. The third-order valence-electron chi connectivity index (χ3n) is 5.24. The lowest BCUT2D eigenvalue weighted by Gasteiger charge is -2.12. The molecule has 0 aliphatic rings. The first-order chi connectivity index (χ1) is 15.4. The molecule has 0 saturated carbocycles. The van der Waals surface area contributed by atoms with Crippen LogP contribution in [0.4, 0.5) is 5.69 Å². The molecule has 2 N–H and O–H groups in total. The molecular weight excluding hydrogens is 443 g/mol. The van der Waals surface area contributed by atoms with Gasteiger partial charge in [-0.25, -0.2) is 5.43 Å². The van der Waals surface area contributed by atoms with Gasteiger partial charge in [-0.2, -0.15) is 5.10 Å². The van der Waals surface area contributed by atoms with Crippen LogP contribution in [-0.2, 0) is 4.79 Å². The van der Waals surface area contributed by atoms with E-state index in [1.165, 1.54) is 0 Å². The zero-order valence-corrected chi connectivity index (χ0v) is 19.2. The topological polar surface area (TPSA) is 58.4 Å². The largest absolute Gasteiger partial charge is 0.376 e. The molecule has 0 radical (unpaired) electrons. The minimum atomic E-state index is -0.235. The van der Waals surface area contributed by atoms with Gasteiger partial charge in [0.25, 0.3) is 5.91 Å². The number of fused-ring (bicyclic) bond motifs is 1. The van der Waals surface area contributed by atoms with Gasteiger partial charge in [0.1, 0.15) is 0 Å². The second-order valence-electron chi connectivity index (χ2n) is 7.43. The second-order valence-corrected chi connectivity index (χ2v) is 8.27. The minimum absolute atomic E-state index is 0.114. The molecule has 3 aromatic carbocycles. The van der Waals surface area contributed by atoms with E-state index in [2.05, 4.69) is 15.8 Å². The van der Waals surface area contributed by atoms with Gasteiger partial charge in [-0.3, -0.25) is 4.79 Å². The van der Waals surface area contributed by atoms with E-state index in [1.54, 1.807) is 18.3 Å². The summed E-state index contributed by atoms with van der Waals surface area (Å²) in [4.78, 5) is 12.3. The highest BCUT2D eigenvalue weighted by Crippen LogP contribution is 2.28. The van der Waals surface area contributed by atoms with Crippen LogP contribution < -0.4 is 10.7 Å². The molecule has 7 heteroatoms. The zero-order valence-electron chi connectivity index (χ0n) is 17.7. The van der Waals surface area contributed by atoms with Crippen LogP contribution in [0.15, 0.2) is 71.8 Å². The van der Waals surface area contributed by atoms with Crippen molar-refractivity contribution < 1.29 is 4.79 Å². The van der Waals surface area contributed by atoms with Crippen molar-refractivity contribution in [3.8, 4) is 5.69 Å². The Hall–Kier alpha value is -3.28. The molecule has 1 heterocycles. The van der Waals surface area contributed by atoms with E-state index in [1.807, 2.05) is 73.0 Å². The number of nitrogens with one attached hydrogen (secondary N) is 2. The van der Waals surface area contributed by atoms with E-state index in [-0.39, 0.29) is 12.5 Å². The smallest absolute Gasteiger partial charge is 0.259 e. The number of carbonyl (C=O) groups is 1. The van der Waals surface area contributed by atoms with Gasteiger partial charge < -0.3 is 9.88 Å². The first-order valence-corrected chi connectivity index (χ1v) is 10.9. The van der Waals surface area contributed by atoms with Crippen LogP contribution in [-0.4, -0.2) is 23.2 Å². The number of hydrogen-bond donors (Lipinski definition) is 2. The van der Waals surface area contributed by atoms with Crippen LogP contribution in [0.5, 0.6) is 0 Å². The van der Waals surface area contributed by atoms with Gasteiger partial charge in [-0.1, -0.05) is 59.6 Å². The summed E-state index contributed by atoms with van der Waals surface area (Å²) in [5.74, 6) is -0.235. The third-order valence-corrected chi connectivity index (χ3v) is 5.80. The first kappa shape index (κ1) is 21.9. The third kappa shape index (κ3) is 4.64. The number of carbonyl (C=O) groups excluding carboxylic acids is 1. The molecule has 0 spiro atoms. The summed E-state index contributed by atoms with van der Waals surface area (Å²) in [6.45, 7) is 4.06. The Bertz CT molecular complexity index is 1320.